The van der Waals surface area contributed by atoms with Crippen LogP contribution in [0.4, 0.5) is 0 Å². The van der Waals surface area contributed by atoms with E-state index < -0.39 is 0 Å². The predicted molar refractivity (Wildman–Crippen MR) is 64.4 cm³/mol. The lowest BCUT2D eigenvalue weighted by molar-refractivity contribution is -0.0127. The highest BCUT2D eigenvalue weighted by Crippen LogP contribution is 2.16. The van der Waals surface area contributed by atoms with Crippen LogP contribution in [0.15, 0.2) is 16.7 Å². The van der Waals surface area contributed by atoms with Gasteiger partial charge in [-0.05, 0) is 28.9 Å². The Kier molecular flexibility index (Phi) is 3.35. The summed E-state index contributed by atoms with van der Waals surface area (Å²) in [5, 5.41) is 0. The van der Waals surface area contributed by atoms with Gasteiger partial charge in [0.1, 0.15) is 5.69 Å². The molecule has 88 valence electrons. The van der Waals surface area contributed by atoms with Gasteiger partial charge in [0, 0.05) is 30.8 Å². The third-order valence-corrected chi connectivity index (χ3v) is 3.15. The fraction of sp³-hybridized carbons (Fsp3) is 0.545. The second-order valence-electron chi connectivity index (χ2n) is 4.09. The van der Waals surface area contributed by atoms with Crippen LogP contribution in [0.25, 0.3) is 0 Å². The van der Waals surface area contributed by atoms with Crippen LogP contribution in [0.3, 0.4) is 0 Å². The molecule has 1 aromatic heterocycles. The van der Waals surface area contributed by atoms with Crippen LogP contribution < -0.4 is 0 Å². The molecule has 1 atom stereocenters. The number of rotatable bonds is 1. The van der Waals surface area contributed by atoms with Crippen molar-refractivity contribution in [2.75, 3.05) is 19.7 Å². The minimum Gasteiger partial charge on any atom is -0.375 e. The number of hydrogen-bond donors (Lipinski definition) is 0. The van der Waals surface area contributed by atoms with E-state index in [0.29, 0.717) is 25.4 Å². The van der Waals surface area contributed by atoms with E-state index in [1.807, 2.05) is 35.7 Å². The molecule has 0 aromatic carbocycles. The van der Waals surface area contributed by atoms with Crippen molar-refractivity contribution in [2.24, 2.45) is 7.05 Å². The zero-order chi connectivity index (χ0) is 11.7. The molecular weight excluding hydrogens is 272 g/mol. The van der Waals surface area contributed by atoms with Crippen molar-refractivity contribution in [3.05, 3.63) is 22.4 Å². The molecule has 2 rings (SSSR count). The molecule has 0 saturated carbocycles. The zero-order valence-corrected chi connectivity index (χ0v) is 11.0. The Balaban J connectivity index is 2.15. The van der Waals surface area contributed by atoms with Crippen molar-refractivity contribution in [1.82, 2.24) is 9.47 Å². The van der Waals surface area contributed by atoms with Gasteiger partial charge in [0.25, 0.3) is 5.91 Å². The summed E-state index contributed by atoms with van der Waals surface area (Å²) in [5.74, 6) is 0.0725. The molecule has 0 spiro atoms. The fourth-order valence-corrected chi connectivity index (χ4v) is 2.43. The summed E-state index contributed by atoms with van der Waals surface area (Å²) in [5.41, 5.74) is 0.709. The van der Waals surface area contributed by atoms with E-state index in [0.717, 1.165) is 4.47 Å². The maximum atomic E-state index is 12.2. The summed E-state index contributed by atoms with van der Waals surface area (Å²) >= 11 is 3.37. The van der Waals surface area contributed by atoms with Crippen LogP contribution in [-0.4, -0.2) is 41.2 Å². The van der Waals surface area contributed by atoms with Gasteiger partial charge < -0.3 is 14.2 Å². The number of carbonyl (C=O) groups excluding carboxylic acids is 1. The van der Waals surface area contributed by atoms with Gasteiger partial charge in [-0.15, -0.1) is 0 Å². The quantitative estimate of drug-likeness (QED) is 0.787. The Morgan fingerprint density at radius 1 is 1.62 bits per heavy atom. The largest absolute Gasteiger partial charge is 0.375 e. The monoisotopic (exact) mass is 286 g/mol. The van der Waals surface area contributed by atoms with E-state index in [4.69, 9.17) is 4.74 Å². The zero-order valence-electron chi connectivity index (χ0n) is 9.44. The van der Waals surface area contributed by atoms with E-state index in [1.165, 1.54) is 0 Å². The Hall–Kier alpha value is -0.810. The minimum absolute atomic E-state index is 0.0725. The van der Waals surface area contributed by atoms with Crippen molar-refractivity contribution < 1.29 is 9.53 Å². The first-order valence-electron chi connectivity index (χ1n) is 5.30. The first kappa shape index (κ1) is 11.7. The molecule has 2 heterocycles. The second-order valence-corrected chi connectivity index (χ2v) is 5.00. The Morgan fingerprint density at radius 2 is 2.38 bits per heavy atom. The number of nitrogens with zero attached hydrogens (tertiary/aromatic N) is 2. The van der Waals surface area contributed by atoms with Crippen LogP contribution in [0, 0.1) is 0 Å². The smallest absolute Gasteiger partial charge is 0.270 e. The van der Waals surface area contributed by atoms with Crippen molar-refractivity contribution in [2.45, 2.75) is 13.0 Å². The topological polar surface area (TPSA) is 34.5 Å². The number of aromatic nitrogens is 1. The summed E-state index contributed by atoms with van der Waals surface area (Å²) in [6, 6.07) is 1.85. The van der Waals surface area contributed by atoms with Crippen molar-refractivity contribution in [1.29, 1.82) is 0 Å². The number of amides is 1. The predicted octanol–water partition coefficient (Wildman–Crippen LogP) is 1.65. The van der Waals surface area contributed by atoms with E-state index in [-0.39, 0.29) is 12.0 Å². The summed E-state index contributed by atoms with van der Waals surface area (Å²) in [4.78, 5) is 14.1. The number of carbonyl (C=O) groups is 1. The molecule has 1 aromatic rings. The minimum atomic E-state index is 0.0725. The number of ether oxygens (including phenoxy) is 1. The first-order valence-corrected chi connectivity index (χ1v) is 6.10. The molecule has 0 N–H and O–H groups in total. The lowest BCUT2D eigenvalue weighted by Crippen LogP contribution is -2.45. The Bertz CT molecular complexity index is 403. The normalized spacial score (nSPS) is 21.2. The average molecular weight is 287 g/mol. The molecule has 1 saturated heterocycles. The van der Waals surface area contributed by atoms with Crippen molar-refractivity contribution in [3.8, 4) is 0 Å². The van der Waals surface area contributed by atoms with E-state index in [1.54, 1.807) is 0 Å². The van der Waals surface area contributed by atoms with Gasteiger partial charge in [-0.3, -0.25) is 4.79 Å². The second kappa shape index (κ2) is 4.59. The highest BCUT2D eigenvalue weighted by molar-refractivity contribution is 9.10. The average Bonchev–Trinajstić information content (AvgIpc) is 2.57. The highest BCUT2D eigenvalue weighted by atomic mass is 79.9. The molecule has 5 heteroatoms. The van der Waals surface area contributed by atoms with Gasteiger partial charge in [-0.1, -0.05) is 0 Å². The maximum Gasteiger partial charge on any atom is 0.270 e. The molecule has 4 nitrogen and oxygen atoms in total. The van der Waals surface area contributed by atoms with E-state index >= 15 is 0 Å². The maximum absolute atomic E-state index is 12.2. The molecule has 1 unspecified atom stereocenters. The molecule has 0 aliphatic carbocycles. The summed E-state index contributed by atoms with van der Waals surface area (Å²) in [6.07, 6.45) is 2.01. The first-order chi connectivity index (χ1) is 7.58. The van der Waals surface area contributed by atoms with Gasteiger partial charge in [0.05, 0.1) is 12.7 Å². The lowest BCUT2D eigenvalue weighted by Gasteiger charge is -2.31. The number of hydrogen-bond acceptors (Lipinski definition) is 2. The van der Waals surface area contributed by atoms with Gasteiger partial charge in [-0.2, -0.15) is 0 Å². The van der Waals surface area contributed by atoms with Gasteiger partial charge in [-0.25, -0.2) is 0 Å². The SMILES string of the molecule is CC1CN(C(=O)c2cc(Br)cn2C)CCO1. The van der Waals surface area contributed by atoms with Crippen LogP contribution in [-0.2, 0) is 11.8 Å². The van der Waals surface area contributed by atoms with Gasteiger partial charge >= 0.3 is 0 Å². The third kappa shape index (κ3) is 2.30. The molecule has 1 fully saturated rings. The number of halogens is 1. The molecule has 1 amide bonds. The molecule has 16 heavy (non-hydrogen) atoms. The lowest BCUT2D eigenvalue weighted by atomic mass is 10.2. The van der Waals surface area contributed by atoms with Crippen LogP contribution in [0.5, 0.6) is 0 Å². The Labute approximate surface area is 103 Å². The standard InChI is InChI=1S/C11H15BrN2O2/c1-8-6-14(3-4-16-8)11(15)10-5-9(12)7-13(10)2/h5,7-8H,3-4,6H2,1-2H3. The van der Waals surface area contributed by atoms with E-state index in [2.05, 4.69) is 15.9 Å². The van der Waals surface area contributed by atoms with Gasteiger partial charge in [0.2, 0.25) is 0 Å². The van der Waals surface area contributed by atoms with Crippen LogP contribution in [0.2, 0.25) is 0 Å². The molecular formula is C11H15BrN2O2. The Morgan fingerprint density at radius 3 is 2.94 bits per heavy atom. The summed E-state index contributed by atoms with van der Waals surface area (Å²) < 4.78 is 8.19. The van der Waals surface area contributed by atoms with Crippen molar-refractivity contribution in [3.63, 3.8) is 0 Å². The van der Waals surface area contributed by atoms with Crippen LogP contribution in [0.1, 0.15) is 17.4 Å². The van der Waals surface area contributed by atoms with Gasteiger partial charge in [0.15, 0.2) is 0 Å². The highest BCUT2D eigenvalue weighted by Gasteiger charge is 2.24. The number of aryl methyl sites for hydroxylation is 1. The molecule has 0 bridgehead atoms. The van der Waals surface area contributed by atoms with E-state index in [9.17, 15) is 4.79 Å². The molecule has 1 aliphatic heterocycles. The molecule has 0 radical (unpaired) electrons. The summed E-state index contributed by atoms with van der Waals surface area (Å²) in [6.45, 7) is 3.95. The fourth-order valence-electron chi connectivity index (χ4n) is 1.90. The van der Waals surface area contributed by atoms with Crippen molar-refractivity contribution >= 4 is 21.8 Å². The number of morpholine rings is 1. The summed E-state index contributed by atoms with van der Waals surface area (Å²) in [7, 11) is 1.88. The molecule has 1 aliphatic rings. The van der Waals surface area contributed by atoms with Crippen LogP contribution >= 0.6 is 15.9 Å². The third-order valence-electron chi connectivity index (χ3n) is 2.72.